The molecule has 3 aromatic rings. The molecule has 20 heavy (non-hydrogen) atoms. The average Bonchev–Trinajstić information content (AvgIpc) is 3.01. The summed E-state index contributed by atoms with van der Waals surface area (Å²) in [7, 11) is 1.91. The van der Waals surface area contributed by atoms with Crippen LogP contribution in [0.2, 0.25) is 0 Å². The number of carbonyl (C=O) groups excluding carboxylic acids is 1. The fraction of sp³-hybridized carbons (Fsp3) is 0.143. The van der Waals surface area contributed by atoms with Gasteiger partial charge in [0.2, 0.25) is 0 Å². The zero-order valence-corrected chi connectivity index (χ0v) is 11.7. The number of hydrogen-bond acceptors (Lipinski definition) is 3. The van der Waals surface area contributed by atoms with Crippen molar-refractivity contribution in [3.8, 4) is 0 Å². The third kappa shape index (κ3) is 2.25. The molecule has 0 saturated heterocycles. The van der Waals surface area contributed by atoms with E-state index in [1.54, 1.807) is 5.38 Å². The zero-order valence-electron chi connectivity index (χ0n) is 10.8. The number of para-hydroxylation sites is 1. The van der Waals surface area contributed by atoms with Crippen molar-refractivity contribution in [2.24, 2.45) is 7.05 Å². The van der Waals surface area contributed by atoms with E-state index < -0.39 is 0 Å². The van der Waals surface area contributed by atoms with Crippen LogP contribution >= 0.6 is 11.3 Å². The first kappa shape index (κ1) is 12.7. The number of aryl methyl sites for hydroxylation is 1. The van der Waals surface area contributed by atoms with E-state index in [9.17, 15) is 9.59 Å². The van der Waals surface area contributed by atoms with Gasteiger partial charge in [-0.2, -0.15) is 0 Å². The van der Waals surface area contributed by atoms with Crippen molar-refractivity contribution in [3.05, 3.63) is 56.8 Å². The second-order valence-electron chi connectivity index (χ2n) is 4.53. The van der Waals surface area contributed by atoms with Gasteiger partial charge in [-0.05, 0) is 6.07 Å². The number of aromatic nitrogens is 2. The van der Waals surface area contributed by atoms with Gasteiger partial charge >= 0.3 is 4.87 Å². The molecule has 0 saturated carbocycles. The lowest BCUT2D eigenvalue weighted by molar-refractivity contribution is 0.0952. The molecular weight excluding hydrogens is 274 g/mol. The predicted molar refractivity (Wildman–Crippen MR) is 79.0 cm³/mol. The highest BCUT2D eigenvalue weighted by atomic mass is 32.1. The molecule has 0 spiro atoms. The number of benzene rings is 1. The smallest absolute Gasteiger partial charge is 0.304 e. The van der Waals surface area contributed by atoms with E-state index in [1.165, 1.54) is 0 Å². The van der Waals surface area contributed by atoms with Gasteiger partial charge in [0.1, 0.15) is 0 Å². The highest BCUT2D eigenvalue weighted by Gasteiger charge is 2.13. The fourth-order valence-electron chi connectivity index (χ4n) is 2.19. The second-order valence-corrected chi connectivity index (χ2v) is 5.37. The van der Waals surface area contributed by atoms with E-state index in [2.05, 4.69) is 10.3 Å². The Labute approximate surface area is 118 Å². The van der Waals surface area contributed by atoms with Gasteiger partial charge in [0.15, 0.2) is 0 Å². The minimum absolute atomic E-state index is 0.112. The van der Waals surface area contributed by atoms with Crippen molar-refractivity contribution < 1.29 is 4.79 Å². The molecule has 0 unspecified atom stereocenters. The van der Waals surface area contributed by atoms with Crippen LogP contribution < -0.4 is 10.2 Å². The van der Waals surface area contributed by atoms with Gasteiger partial charge in [-0.3, -0.25) is 9.59 Å². The Morgan fingerprint density at radius 3 is 2.95 bits per heavy atom. The molecule has 5 nitrogen and oxygen atoms in total. The van der Waals surface area contributed by atoms with Crippen molar-refractivity contribution in [3.63, 3.8) is 0 Å². The summed E-state index contributed by atoms with van der Waals surface area (Å²) in [5.74, 6) is -0.145. The van der Waals surface area contributed by atoms with Crippen LogP contribution in [0.5, 0.6) is 0 Å². The molecule has 0 aliphatic rings. The number of nitrogens with zero attached hydrogens (tertiary/aromatic N) is 1. The fourth-order valence-corrected chi connectivity index (χ4v) is 2.78. The number of nitrogens with one attached hydrogen (secondary N) is 2. The number of carbonyl (C=O) groups is 1. The molecule has 2 aromatic heterocycles. The van der Waals surface area contributed by atoms with Gasteiger partial charge in [-0.25, -0.2) is 0 Å². The second kappa shape index (κ2) is 4.97. The van der Waals surface area contributed by atoms with Gasteiger partial charge in [0.05, 0.1) is 12.1 Å². The Hall–Kier alpha value is -2.34. The first-order chi connectivity index (χ1) is 9.65. The largest absolute Gasteiger partial charge is 0.350 e. The van der Waals surface area contributed by atoms with Crippen LogP contribution in [0.1, 0.15) is 16.1 Å². The molecular formula is C14H13N3O2S. The van der Waals surface area contributed by atoms with Crippen LogP contribution in [0.3, 0.4) is 0 Å². The summed E-state index contributed by atoms with van der Waals surface area (Å²) in [4.78, 5) is 25.8. The Morgan fingerprint density at radius 2 is 2.20 bits per heavy atom. The molecule has 2 N–H and O–H groups in total. The van der Waals surface area contributed by atoms with Crippen LogP contribution in [-0.4, -0.2) is 15.5 Å². The van der Waals surface area contributed by atoms with Crippen LogP contribution in [0.25, 0.3) is 10.9 Å². The van der Waals surface area contributed by atoms with E-state index in [1.807, 2.05) is 42.1 Å². The zero-order chi connectivity index (χ0) is 14.1. The summed E-state index contributed by atoms with van der Waals surface area (Å²) < 4.78 is 1.93. The lowest BCUT2D eigenvalue weighted by atomic mass is 10.1. The van der Waals surface area contributed by atoms with Crippen molar-refractivity contribution in [1.82, 2.24) is 14.9 Å². The van der Waals surface area contributed by atoms with E-state index in [-0.39, 0.29) is 10.8 Å². The third-order valence-electron chi connectivity index (χ3n) is 3.15. The molecule has 0 bridgehead atoms. The van der Waals surface area contributed by atoms with Crippen molar-refractivity contribution in [2.45, 2.75) is 6.54 Å². The summed E-state index contributed by atoms with van der Waals surface area (Å²) in [6.45, 7) is 0.320. The van der Waals surface area contributed by atoms with Gasteiger partial charge < -0.3 is 14.9 Å². The van der Waals surface area contributed by atoms with E-state index in [0.29, 0.717) is 17.8 Å². The van der Waals surface area contributed by atoms with Gasteiger partial charge in [-0.15, -0.1) is 0 Å². The van der Waals surface area contributed by atoms with Gasteiger partial charge in [-0.1, -0.05) is 29.5 Å². The number of H-pyrrole nitrogens is 1. The molecule has 0 aliphatic heterocycles. The molecule has 0 atom stereocenters. The molecule has 0 radical (unpaired) electrons. The maximum absolute atomic E-state index is 12.2. The first-order valence-electron chi connectivity index (χ1n) is 6.14. The molecule has 0 aliphatic carbocycles. The maximum atomic E-state index is 12.2. The Morgan fingerprint density at radius 1 is 1.40 bits per heavy atom. The average molecular weight is 287 g/mol. The monoisotopic (exact) mass is 287 g/mol. The molecule has 102 valence electrons. The van der Waals surface area contributed by atoms with E-state index >= 15 is 0 Å². The SMILES string of the molecule is Cn1cc(C(=O)NCc2csc(=O)[nH]2)c2ccccc21. The Kier molecular flexibility index (Phi) is 3.15. The first-order valence-corrected chi connectivity index (χ1v) is 7.02. The van der Waals surface area contributed by atoms with Crippen molar-refractivity contribution in [1.29, 1.82) is 0 Å². The van der Waals surface area contributed by atoms with E-state index in [0.717, 1.165) is 22.2 Å². The summed E-state index contributed by atoms with van der Waals surface area (Å²) in [6.07, 6.45) is 1.82. The molecule has 1 aromatic carbocycles. The number of amides is 1. The van der Waals surface area contributed by atoms with Crippen LogP contribution in [0, 0.1) is 0 Å². The highest BCUT2D eigenvalue weighted by molar-refractivity contribution is 7.07. The van der Waals surface area contributed by atoms with Crippen molar-refractivity contribution in [2.75, 3.05) is 0 Å². The standard InChI is InChI=1S/C14H13N3O2S/c1-17-7-11(10-4-2-3-5-12(10)17)13(18)15-6-9-8-20-14(19)16-9/h2-5,7-8H,6H2,1H3,(H,15,18)(H,16,19). The lowest BCUT2D eigenvalue weighted by Crippen LogP contribution is -2.23. The Bertz CT molecular complexity index is 828. The lowest BCUT2D eigenvalue weighted by Gasteiger charge is -2.02. The molecule has 6 heteroatoms. The molecule has 2 heterocycles. The van der Waals surface area contributed by atoms with Crippen molar-refractivity contribution >= 4 is 28.1 Å². The number of aromatic amines is 1. The van der Waals surface area contributed by atoms with Crippen LogP contribution in [0.4, 0.5) is 0 Å². The minimum atomic E-state index is -0.145. The number of hydrogen-bond donors (Lipinski definition) is 2. The summed E-state index contributed by atoms with van der Waals surface area (Å²) in [5, 5.41) is 5.45. The Balaban J connectivity index is 1.84. The predicted octanol–water partition coefficient (Wildman–Crippen LogP) is 1.86. The van der Waals surface area contributed by atoms with Gasteiger partial charge in [0, 0.05) is 35.2 Å². The normalized spacial score (nSPS) is 10.8. The summed E-state index contributed by atoms with van der Waals surface area (Å²) >= 11 is 1.09. The van der Waals surface area contributed by atoms with Gasteiger partial charge in [0.25, 0.3) is 5.91 Å². The van der Waals surface area contributed by atoms with Crippen LogP contribution in [-0.2, 0) is 13.6 Å². The molecule has 1 amide bonds. The summed E-state index contributed by atoms with van der Waals surface area (Å²) in [5.41, 5.74) is 2.37. The number of rotatable bonds is 3. The quantitative estimate of drug-likeness (QED) is 0.772. The highest BCUT2D eigenvalue weighted by Crippen LogP contribution is 2.20. The number of fused-ring (bicyclic) bond motifs is 1. The number of thiazole rings is 1. The van der Waals surface area contributed by atoms with Crippen LogP contribution in [0.15, 0.2) is 40.6 Å². The summed E-state index contributed by atoms with van der Waals surface area (Å²) in [6, 6.07) is 7.76. The topological polar surface area (TPSA) is 66.9 Å². The molecule has 3 rings (SSSR count). The third-order valence-corrected chi connectivity index (χ3v) is 3.87. The maximum Gasteiger partial charge on any atom is 0.304 e. The minimum Gasteiger partial charge on any atom is -0.350 e. The molecule has 0 fully saturated rings. The van der Waals surface area contributed by atoms with E-state index in [4.69, 9.17) is 0 Å².